The molecule has 0 spiro atoms. The lowest BCUT2D eigenvalue weighted by Crippen LogP contribution is -2.44. The van der Waals surface area contributed by atoms with Crippen molar-refractivity contribution in [2.75, 3.05) is 25.5 Å². The van der Waals surface area contributed by atoms with Crippen LogP contribution in [0.25, 0.3) is 0 Å². The Labute approximate surface area is 144 Å². The number of methoxy groups -OCH3 is 1. The lowest BCUT2D eigenvalue weighted by Gasteiger charge is -2.30. The molecule has 1 aliphatic heterocycles. The number of hydrogen-bond donors (Lipinski definition) is 1. The number of carbonyl (C=O) groups excluding carboxylic acids is 2. The number of likely N-dealkylation sites (tertiary alicyclic amines) is 1. The lowest BCUT2D eigenvalue weighted by molar-refractivity contribution is -0.144. The first kappa shape index (κ1) is 16.9. The van der Waals surface area contributed by atoms with Crippen LogP contribution in [-0.4, -0.2) is 52.0 Å². The van der Waals surface area contributed by atoms with Crippen molar-refractivity contribution in [1.29, 1.82) is 0 Å². The zero-order valence-corrected chi connectivity index (χ0v) is 14.1. The normalized spacial score (nSPS) is 17.2. The van der Waals surface area contributed by atoms with Gasteiger partial charge in [-0.2, -0.15) is 4.98 Å². The minimum absolute atomic E-state index is 0.0469. The van der Waals surface area contributed by atoms with Crippen LogP contribution < -0.4 is 10.1 Å². The van der Waals surface area contributed by atoms with E-state index in [2.05, 4.69) is 20.4 Å². The summed E-state index contributed by atoms with van der Waals surface area (Å²) in [4.78, 5) is 34.3. The van der Waals surface area contributed by atoms with Gasteiger partial charge in [-0.15, -0.1) is 0 Å². The number of piperidine rings is 1. The predicted octanol–water partition coefficient (Wildman–Crippen LogP) is 1.13. The summed E-state index contributed by atoms with van der Waals surface area (Å²) in [5.74, 6) is 0.163. The Kier molecular flexibility index (Phi) is 4.92. The Balaban J connectivity index is 1.61. The van der Waals surface area contributed by atoms with E-state index in [0.29, 0.717) is 36.4 Å². The van der Waals surface area contributed by atoms with E-state index in [9.17, 15) is 9.59 Å². The molecule has 1 aliphatic rings. The van der Waals surface area contributed by atoms with Gasteiger partial charge in [0.15, 0.2) is 5.82 Å². The molecule has 2 aromatic rings. The summed E-state index contributed by atoms with van der Waals surface area (Å²) < 4.78 is 10.1. The van der Waals surface area contributed by atoms with E-state index in [0.717, 1.165) is 12.8 Å². The molecule has 0 bridgehead atoms. The molecule has 1 unspecified atom stereocenters. The van der Waals surface area contributed by atoms with Gasteiger partial charge in [-0.05, 0) is 25.8 Å². The first-order valence-corrected chi connectivity index (χ1v) is 7.97. The number of nitrogens with one attached hydrogen (secondary N) is 1. The summed E-state index contributed by atoms with van der Waals surface area (Å²) >= 11 is 0. The highest BCUT2D eigenvalue weighted by Crippen LogP contribution is 2.25. The van der Waals surface area contributed by atoms with Crippen LogP contribution in [0.1, 0.15) is 30.5 Å². The van der Waals surface area contributed by atoms with Crippen LogP contribution in [0.5, 0.6) is 5.88 Å². The second-order valence-electron chi connectivity index (χ2n) is 5.81. The number of ether oxygens (including phenoxy) is 1. The summed E-state index contributed by atoms with van der Waals surface area (Å²) in [6.45, 7) is 2.65. The number of aromatic nitrogens is 3. The molecule has 132 valence electrons. The van der Waals surface area contributed by atoms with Crippen LogP contribution in [0.3, 0.4) is 0 Å². The largest absolute Gasteiger partial charge is 0.481 e. The summed E-state index contributed by atoms with van der Waals surface area (Å²) in [6.07, 6.45) is 3.05. The molecule has 0 aromatic carbocycles. The van der Waals surface area contributed by atoms with Crippen LogP contribution in [-0.2, 0) is 9.59 Å². The summed E-state index contributed by atoms with van der Waals surface area (Å²) in [7, 11) is 1.50. The van der Waals surface area contributed by atoms with Gasteiger partial charge in [-0.3, -0.25) is 9.59 Å². The maximum absolute atomic E-state index is 12.4. The Hall–Kier alpha value is -2.97. The third-order valence-electron chi connectivity index (χ3n) is 4.00. The fourth-order valence-electron chi connectivity index (χ4n) is 2.75. The molecule has 9 heteroatoms. The van der Waals surface area contributed by atoms with Crippen molar-refractivity contribution in [1.82, 2.24) is 20.0 Å². The molecule has 25 heavy (non-hydrogen) atoms. The van der Waals surface area contributed by atoms with Crippen LogP contribution in [0, 0.1) is 6.92 Å². The number of carbonyl (C=O) groups is 2. The van der Waals surface area contributed by atoms with Gasteiger partial charge in [0.25, 0.3) is 0 Å². The highest BCUT2D eigenvalue weighted by molar-refractivity contribution is 6.39. The Morgan fingerprint density at radius 2 is 2.24 bits per heavy atom. The molecule has 2 aromatic heterocycles. The number of amides is 2. The molecule has 0 radical (unpaired) electrons. The standard InChI is InChI=1S/C16H19N5O4/c1-10-18-15(25-20-10)11-4-3-7-21(9-11)16(23)14(22)19-12-5-6-13(24-2)17-8-12/h5-6,8,11H,3-4,7,9H2,1-2H3,(H,19,22). The quantitative estimate of drug-likeness (QED) is 0.830. The molecule has 1 fully saturated rings. The third kappa shape index (κ3) is 3.93. The van der Waals surface area contributed by atoms with Crippen molar-refractivity contribution in [2.24, 2.45) is 0 Å². The minimum atomic E-state index is -0.700. The van der Waals surface area contributed by atoms with Gasteiger partial charge in [-0.25, -0.2) is 4.98 Å². The molecular formula is C16H19N5O4. The molecule has 1 atom stereocenters. The highest BCUT2D eigenvalue weighted by atomic mass is 16.5. The van der Waals surface area contributed by atoms with E-state index in [1.807, 2.05) is 0 Å². The number of aryl methyl sites for hydroxylation is 1. The van der Waals surface area contributed by atoms with E-state index in [1.54, 1.807) is 19.1 Å². The Bertz CT molecular complexity index is 758. The summed E-state index contributed by atoms with van der Waals surface area (Å²) in [5, 5.41) is 6.33. The van der Waals surface area contributed by atoms with Crippen molar-refractivity contribution < 1.29 is 18.8 Å². The summed E-state index contributed by atoms with van der Waals surface area (Å²) in [5.41, 5.74) is 0.431. The summed E-state index contributed by atoms with van der Waals surface area (Å²) in [6, 6.07) is 3.23. The molecule has 2 amide bonds. The monoisotopic (exact) mass is 345 g/mol. The van der Waals surface area contributed by atoms with E-state index in [4.69, 9.17) is 9.26 Å². The third-order valence-corrected chi connectivity index (χ3v) is 4.00. The first-order chi connectivity index (χ1) is 12.1. The van der Waals surface area contributed by atoms with Crippen molar-refractivity contribution in [3.8, 4) is 5.88 Å². The fourth-order valence-corrected chi connectivity index (χ4v) is 2.75. The zero-order chi connectivity index (χ0) is 17.8. The van der Waals surface area contributed by atoms with Crippen LogP contribution >= 0.6 is 0 Å². The lowest BCUT2D eigenvalue weighted by atomic mass is 9.98. The number of hydrogen-bond acceptors (Lipinski definition) is 7. The van der Waals surface area contributed by atoms with E-state index in [-0.39, 0.29) is 5.92 Å². The van der Waals surface area contributed by atoms with Gasteiger partial charge in [0.2, 0.25) is 11.8 Å². The van der Waals surface area contributed by atoms with E-state index in [1.165, 1.54) is 18.2 Å². The molecule has 1 saturated heterocycles. The van der Waals surface area contributed by atoms with Gasteiger partial charge in [0.1, 0.15) is 0 Å². The minimum Gasteiger partial charge on any atom is -0.481 e. The van der Waals surface area contributed by atoms with Crippen molar-refractivity contribution in [2.45, 2.75) is 25.7 Å². The average molecular weight is 345 g/mol. The number of anilines is 1. The second-order valence-corrected chi connectivity index (χ2v) is 5.81. The smallest absolute Gasteiger partial charge is 0.313 e. The van der Waals surface area contributed by atoms with Gasteiger partial charge in [0, 0.05) is 19.2 Å². The molecule has 3 heterocycles. The van der Waals surface area contributed by atoms with Gasteiger partial charge < -0.3 is 19.5 Å². The zero-order valence-electron chi connectivity index (χ0n) is 14.1. The van der Waals surface area contributed by atoms with Crippen LogP contribution in [0.15, 0.2) is 22.9 Å². The van der Waals surface area contributed by atoms with Gasteiger partial charge in [0.05, 0.1) is 24.9 Å². The molecule has 0 aliphatic carbocycles. The SMILES string of the molecule is COc1ccc(NC(=O)C(=O)N2CCCC(c3nc(C)no3)C2)cn1. The highest BCUT2D eigenvalue weighted by Gasteiger charge is 2.31. The van der Waals surface area contributed by atoms with Crippen LogP contribution in [0.2, 0.25) is 0 Å². The van der Waals surface area contributed by atoms with Gasteiger partial charge in [-0.1, -0.05) is 5.16 Å². The topological polar surface area (TPSA) is 110 Å². The molecule has 1 N–H and O–H groups in total. The number of nitrogens with zero attached hydrogens (tertiary/aromatic N) is 4. The van der Waals surface area contributed by atoms with Crippen molar-refractivity contribution in [3.63, 3.8) is 0 Å². The van der Waals surface area contributed by atoms with Crippen molar-refractivity contribution in [3.05, 3.63) is 30.0 Å². The number of pyridine rings is 1. The average Bonchev–Trinajstić information content (AvgIpc) is 3.08. The molecule has 3 rings (SSSR count). The Morgan fingerprint density at radius 3 is 2.88 bits per heavy atom. The Morgan fingerprint density at radius 1 is 1.40 bits per heavy atom. The predicted molar refractivity (Wildman–Crippen MR) is 87.0 cm³/mol. The van der Waals surface area contributed by atoms with Crippen LogP contribution in [0.4, 0.5) is 5.69 Å². The molecular weight excluding hydrogens is 326 g/mol. The fraction of sp³-hybridized carbons (Fsp3) is 0.438. The van der Waals surface area contributed by atoms with E-state index >= 15 is 0 Å². The van der Waals surface area contributed by atoms with Gasteiger partial charge >= 0.3 is 11.8 Å². The first-order valence-electron chi connectivity index (χ1n) is 7.97. The maximum Gasteiger partial charge on any atom is 0.313 e. The van der Waals surface area contributed by atoms with E-state index < -0.39 is 11.8 Å². The maximum atomic E-state index is 12.4. The van der Waals surface area contributed by atoms with Crippen molar-refractivity contribution >= 4 is 17.5 Å². The second kappa shape index (κ2) is 7.29. The molecule has 9 nitrogen and oxygen atoms in total. The molecule has 0 saturated carbocycles. The number of rotatable bonds is 3.